The first-order chi connectivity index (χ1) is 12.1. The van der Waals surface area contributed by atoms with Gasteiger partial charge in [-0.25, -0.2) is 9.78 Å². The monoisotopic (exact) mass is 344 g/mol. The molecular formula is C17H24N6O2. The number of aromatic nitrogens is 2. The lowest BCUT2D eigenvalue weighted by Crippen LogP contribution is -2.32. The van der Waals surface area contributed by atoms with Gasteiger partial charge in [-0.1, -0.05) is 0 Å². The molecule has 0 fully saturated rings. The molecule has 0 bridgehead atoms. The molecule has 0 atom stereocenters. The summed E-state index contributed by atoms with van der Waals surface area (Å²) in [6.45, 7) is 5.67. The van der Waals surface area contributed by atoms with Gasteiger partial charge in [-0.15, -0.1) is 0 Å². The highest BCUT2D eigenvalue weighted by Gasteiger charge is 2.03. The summed E-state index contributed by atoms with van der Waals surface area (Å²) in [5.41, 5.74) is 1.58. The van der Waals surface area contributed by atoms with Gasteiger partial charge in [0.1, 0.15) is 11.6 Å². The molecule has 1 aromatic carbocycles. The Balaban J connectivity index is 1.74. The number of nitrogens with zero attached hydrogens (tertiary/aromatic N) is 2. The van der Waals surface area contributed by atoms with Crippen molar-refractivity contribution in [1.82, 2.24) is 15.3 Å². The van der Waals surface area contributed by atoms with Crippen LogP contribution in [0, 0.1) is 6.92 Å². The Morgan fingerprint density at radius 2 is 1.88 bits per heavy atom. The number of anilines is 3. The topological polar surface area (TPSA) is 100 Å². The molecule has 0 saturated heterocycles. The van der Waals surface area contributed by atoms with Gasteiger partial charge in [0.2, 0.25) is 5.95 Å². The van der Waals surface area contributed by atoms with Crippen molar-refractivity contribution in [2.24, 2.45) is 0 Å². The zero-order valence-electron chi connectivity index (χ0n) is 14.7. The average molecular weight is 344 g/mol. The summed E-state index contributed by atoms with van der Waals surface area (Å²) in [5, 5.41) is 11.8. The molecule has 0 aliphatic rings. The number of urea groups is 1. The van der Waals surface area contributed by atoms with Crippen molar-refractivity contribution in [3.05, 3.63) is 36.0 Å². The third-order valence-corrected chi connectivity index (χ3v) is 3.25. The van der Waals surface area contributed by atoms with Crippen molar-refractivity contribution in [1.29, 1.82) is 0 Å². The summed E-state index contributed by atoms with van der Waals surface area (Å²) in [7, 11) is 1.60. The fourth-order valence-electron chi connectivity index (χ4n) is 2.11. The zero-order valence-corrected chi connectivity index (χ0v) is 14.7. The number of methoxy groups -OCH3 is 1. The number of ether oxygens (including phenoxy) is 1. The standard InChI is InChI=1S/C17H24N6O2/c1-4-18-16-21-12(2)11-15(23-16)19-9-10-20-17(24)22-13-5-7-14(25-3)8-6-13/h5-8,11H,4,9-10H2,1-3H3,(H2,20,22,24)(H2,18,19,21,23). The van der Waals surface area contributed by atoms with E-state index >= 15 is 0 Å². The molecule has 0 saturated carbocycles. The van der Waals surface area contributed by atoms with Gasteiger partial charge in [0, 0.05) is 37.1 Å². The summed E-state index contributed by atoms with van der Waals surface area (Å²) in [5.74, 6) is 2.06. The Morgan fingerprint density at radius 3 is 2.56 bits per heavy atom. The Hall–Kier alpha value is -3.03. The molecule has 0 radical (unpaired) electrons. The molecule has 2 rings (SSSR count). The molecule has 8 heteroatoms. The number of hydrogen-bond acceptors (Lipinski definition) is 6. The molecule has 2 aromatic rings. The van der Waals surface area contributed by atoms with Gasteiger partial charge in [-0.3, -0.25) is 0 Å². The third kappa shape index (κ3) is 6.17. The number of carbonyl (C=O) groups excluding carboxylic acids is 1. The van der Waals surface area contributed by atoms with E-state index in [4.69, 9.17) is 4.74 Å². The normalized spacial score (nSPS) is 10.0. The minimum atomic E-state index is -0.265. The van der Waals surface area contributed by atoms with Crippen LogP contribution in [0.2, 0.25) is 0 Å². The molecule has 134 valence electrons. The van der Waals surface area contributed by atoms with Crippen molar-refractivity contribution in [3.63, 3.8) is 0 Å². The number of carbonyl (C=O) groups is 1. The predicted octanol–water partition coefficient (Wildman–Crippen LogP) is 2.46. The fraction of sp³-hybridized carbons (Fsp3) is 0.353. The van der Waals surface area contributed by atoms with Crippen LogP contribution in [0.1, 0.15) is 12.6 Å². The van der Waals surface area contributed by atoms with Crippen molar-refractivity contribution >= 4 is 23.5 Å². The number of rotatable bonds is 8. The number of nitrogens with one attached hydrogen (secondary N) is 4. The largest absolute Gasteiger partial charge is 0.497 e. The van der Waals surface area contributed by atoms with Crippen LogP contribution >= 0.6 is 0 Å². The first-order valence-electron chi connectivity index (χ1n) is 8.13. The van der Waals surface area contributed by atoms with Gasteiger partial charge in [0.15, 0.2) is 0 Å². The summed E-state index contributed by atoms with van der Waals surface area (Å²) in [6.07, 6.45) is 0. The predicted molar refractivity (Wildman–Crippen MR) is 99.4 cm³/mol. The first kappa shape index (κ1) is 18.3. The lowest BCUT2D eigenvalue weighted by molar-refractivity contribution is 0.252. The smallest absolute Gasteiger partial charge is 0.319 e. The summed E-state index contributed by atoms with van der Waals surface area (Å²) in [4.78, 5) is 20.5. The van der Waals surface area contributed by atoms with Crippen LogP contribution in [-0.2, 0) is 0 Å². The number of aryl methyl sites for hydroxylation is 1. The lowest BCUT2D eigenvalue weighted by atomic mass is 10.3. The molecule has 2 amide bonds. The van der Waals surface area contributed by atoms with E-state index in [1.807, 2.05) is 19.9 Å². The van der Waals surface area contributed by atoms with Gasteiger partial charge in [0.25, 0.3) is 0 Å². The zero-order chi connectivity index (χ0) is 18.1. The van der Waals surface area contributed by atoms with Crippen molar-refractivity contribution < 1.29 is 9.53 Å². The van der Waals surface area contributed by atoms with Crippen LogP contribution in [0.3, 0.4) is 0 Å². The van der Waals surface area contributed by atoms with E-state index < -0.39 is 0 Å². The Morgan fingerprint density at radius 1 is 1.12 bits per heavy atom. The molecule has 25 heavy (non-hydrogen) atoms. The first-order valence-corrected chi connectivity index (χ1v) is 8.13. The number of hydrogen-bond donors (Lipinski definition) is 4. The fourth-order valence-corrected chi connectivity index (χ4v) is 2.11. The minimum absolute atomic E-state index is 0.265. The van der Waals surface area contributed by atoms with Crippen LogP contribution in [0.15, 0.2) is 30.3 Å². The van der Waals surface area contributed by atoms with E-state index in [9.17, 15) is 4.79 Å². The maximum atomic E-state index is 11.9. The Bertz CT molecular complexity index is 690. The van der Waals surface area contributed by atoms with Gasteiger partial charge in [0.05, 0.1) is 7.11 Å². The van der Waals surface area contributed by atoms with Crippen molar-refractivity contribution in [2.75, 3.05) is 42.7 Å². The Kier molecular flexibility index (Phi) is 6.82. The summed E-state index contributed by atoms with van der Waals surface area (Å²) in [6, 6.07) is 8.73. The highest BCUT2D eigenvalue weighted by atomic mass is 16.5. The Labute approximate surface area is 147 Å². The second-order valence-corrected chi connectivity index (χ2v) is 5.28. The van der Waals surface area contributed by atoms with Crippen LogP contribution in [0.4, 0.5) is 22.2 Å². The number of benzene rings is 1. The van der Waals surface area contributed by atoms with E-state index in [0.717, 1.165) is 23.8 Å². The molecule has 1 aromatic heterocycles. The van der Waals surface area contributed by atoms with Gasteiger partial charge in [-0.05, 0) is 38.1 Å². The van der Waals surface area contributed by atoms with Crippen LogP contribution in [0.5, 0.6) is 5.75 Å². The molecule has 0 spiro atoms. The minimum Gasteiger partial charge on any atom is -0.497 e. The third-order valence-electron chi connectivity index (χ3n) is 3.25. The molecule has 1 heterocycles. The quantitative estimate of drug-likeness (QED) is 0.549. The highest BCUT2D eigenvalue weighted by molar-refractivity contribution is 5.89. The molecule has 0 unspecified atom stereocenters. The molecule has 0 aliphatic heterocycles. The van der Waals surface area contributed by atoms with E-state index in [0.29, 0.717) is 24.7 Å². The summed E-state index contributed by atoms with van der Waals surface area (Å²) >= 11 is 0. The van der Waals surface area contributed by atoms with Crippen LogP contribution < -0.4 is 26.0 Å². The van der Waals surface area contributed by atoms with E-state index in [-0.39, 0.29) is 6.03 Å². The van der Waals surface area contributed by atoms with Gasteiger partial charge in [-0.2, -0.15) is 4.98 Å². The van der Waals surface area contributed by atoms with Crippen molar-refractivity contribution in [3.8, 4) is 5.75 Å². The van der Waals surface area contributed by atoms with Crippen molar-refractivity contribution in [2.45, 2.75) is 13.8 Å². The lowest BCUT2D eigenvalue weighted by Gasteiger charge is -2.10. The highest BCUT2D eigenvalue weighted by Crippen LogP contribution is 2.14. The maximum Gasteiger partial charge on any atom is 0.319 e. The molecular weight excluding hydrogens is 320 g/mol. The second kappa shape index (κ2) is 9.31. The van der Waals surface area contributed by atoms with Crippen LogP contribution in [0.25, 0.3) is 0 Å². The van der Waals surface area contributed by atoms with E-state index in [1.54, 1.807) is 31.4 Å². The van der Waals surface area contributed by atoms with E-state index in [1.165, 1.54) is 0 Å². The van der Waals surface area contributed by atoms with Gasteiger partial charge < -0.3 is 26.0 Å². The molecule has 8 nitrogen and oxygen atoms in total. The molecule has 0 aliphatic carbocycles. The maximum absolute atomic E-state index is 11.9. The summed E-state index contributed by atoms with van der Waals surface area (Å²) < 4.78 is 5.08. The number of amides is 2. The molecule has 4 N–H and O–H groups in total. The average Bonchev–Trinajstić information content (AvgIpc) is 2.59. The SMILES string of the molecule is CCNc1nc(C)cc(NCCNC(=O)Nc2ccc(OC)cc2)n1. The van der Waals surface area contributed by atoms with Gasteiger partial charge >= 0.3 is 6.03 Å². The second-order valence-electron chi connectivity index (χ2n) is 5.28. The van der Waals surface area contributed by atoms with Crippen LogP contribution in [-0.4, -0.2) is 42.7 Å². The van der Waals surface area contributed by atoms with E-state index in [2.05, 4.69) is 31.2 Å².